The van der Waals surface area contributed by atoms with Crippen LogP contribution in [0.5, 0.6) is 0 Å². The minimum atomic E-state index is -0.687. The Labute approximate surface area is 83.3 Å². The van der Waals surface area contributed by atoms with Gasteiger partial charge in [0.1, 0.15) is 0 Å². The number of carboxylic acids is 1. The van der Waals surface area contributed by atoms with E-state index >= 15 is 0 Å². The molecule has 0 bridgehead atoms. The zero-order valence-corrected chi connectivity index (χ0v) is 8.93. The average molecular weight is 203 g/mol. The number of hydrogen-bond donors (Lipinski definition) is 2. The van der Waals surface area contributed by atoms with Crippen molar-refractivity contribution in [3.63, 3.8) is 0 Å². The quantitative estimate of drug-likeness (QED) is 0.720. The second-order valence-electron chi connectivity index (χ2n) is 3.53. The lowest BCUT2D eigenvalue weighted by Gasteiger charge is -2.25. The summed E-state index contributed by atoms with van der Waals surface area (Å²) in [6.07, 6.45) is 4.28. The van der Waals surface area contributed by atoms with Crippen LogP contribution in [0.3, 0.4) is 0 Å². The number of hydrogen-bond acceptors (Lipinski definition) is 3. The Morgan fingerprint density at radius 1 is 1.69 bits per heavy atom. The molecule has 3 atom stereocenters. The summed E-state index contributed by atoms with van der Waals surface area (Å²) in [6.45, 7) is 2.83. The third-order valence-corrected chi connectivity index (χ3v) is 3.93. The van der Waals surface area contributed by atoms with Gasteiger partial charge in [0.05, 0.1) is 5.92 Å². The Kier molecular flexibility index (Phi) is 4.06. The number of thioether (sulfide) groups is 1. The summed E-state index contributed by atoms with van der Waals surface area (Å²) < 4.78 is 0. The molecule has 1 heterocycles. The van der Waals surface area contributed by atoms with E-state index in [0.717, 1.165) is 13.0 Å². The number of nitrogens with one attached hydrogen (secondary N) is 1. The first-order valence-electron chi connectivity index (χ1n) is 4.65. The van der Waals surface area contributed by atoms with Gasteiger partial charge in [-0.1, -0.05) is 6.92 Å². The van der Waals surface area contributed by atoms with E-state index in [9.17, 15) is 4.79 Å². The molecule has 1 fully saturated rings. The minimum absolute atomic E-state index is 0.208. The Hall–Kier alpha value is -0.220. The molecule has 0 aromatic carbocycles. The molecule has 0 saturated carbocycles. The fourth-order valence-corrected chi connectivity index (χ4v) is 2.93. The molecule has 1 saturated heterocycles. The highest BCUT2D eigenvalue weighted by Crippen LogP contribution is 2.25. The number of rotatable bonds is 4. The molecule has 13 heavy (non-hydrogen) atoms. The van der Waals surface area contributed by atoms with Gasteiger partial charge >= 0.3 is 5.97 Å². The highest BCUT2D eigenvalue weighted by molar-refractivity contribution is 7.99. The van der Waals surface area contributed by atoms with Crippen molar-refractivity contribution in [1.82, 2.24) is 5.32 Å². The first kappa shape index (κ1) is 10.9. The number of carboxylic acid groups (broad SMARTS) is 1. The summed E-state index contributed by atoms with van der Waals surface area (Å²) >= 11 is 1.66. The van der Waals surface area contributed by atoms with E-state index < -0.39 is 5.97 Å². The van der Waals surface area contributed by atoms with E-state index in [1.807, 2.05) is 6.26 Å². The van der Waals surface area contributed by atoms with Crippen LogP contribution in [0.1, 0.15) is 19.8 Å². The monoisotopic (exact) mass is 203 g/mol. The lowest BCUT2D eigenvalue weighted by molar-refractivity contribution is -0.141. The molecule has 1 unspecified atom stereocenters. The van der Waals surface area contributed by atoms with Gasteiger partial charge in [0.2, 0.25) is 0 Å². The van der Waals surface area contributed by atoms with Gasteiger partial charge < -0.3 is 10.4 Å². The zero-order valence-electron chi connectivity index (χ0n) is 8.12. The second kappa shape index (κ2) is 4.86. The van der Waals surface area contributed by atoms with Crippen LogP contribution >= 0.6 is 11.8 Å². The van der Waals surface area contributed by atoms with Crippen molar-refractivity contribution >= 4 is 17.7 Å². The summed E-state index contributed by atoms with van der Waals surface area (Å²) in [7, 11) is 0. The first-order chi connectivity index (χ1) is 6.16. The second-order valence-corrected chi connectivity index (χ2v) is 4.55. The molecule has 0 radical (unpaired) electrons. The molecule has 0 aromatic heterocycles. The third kappa shape index (κ3) is 2.61. The van der Waals surface area contributed by atoms with E-state index in [2.05, 4.69) is 5.32 Å². The first-order valence-corrected chi connectivity index (χ1v) is 5.94. The van der Waals surface area contributed by atoms with Crippen molar-refractivity contribution in [2.24, 2.45) is 5.92 Å². The Morgan fingerprint density at radius 3 is 2.77 bits per heavy atom. The minimum Gasteiger partial charge on any atom is -0.481 e. The van der Waals surface area contributed by atoms with Crippen LogP contribution in [-0.4, -0.2) is 35.2 Å². The molecule has 0 aromatic rings. The molecule has 3 nitrogen and oxygen atoms in total. The van der Waals surface area contributed by atoms with Crippen LogP contribution in [-0.2, 0) is 4.79 Å². The fraction of sp³-hybridized carbons (Fsp3) is 0.889. The molecular formula is C9H17NO2S. The summed E-state index contributed by atoms with van der Waals surface area (Å²) in [6, 6.07) is 0.390. The van der Waals surface area contributed by atoms with Crippen molar-refractivity contribution in [1.29, 1.82) is 0 Å². The molecule has 0 aliphatic carbocycles. The van der Waals surface area contributed by atoms with Crippen molar-refractivity contribution in [3.8, 4) is 0 Å². The predicted octanol–water partition coefficient (Wildman–Crippen LogP) is 1.19. The summed E-state index contributed by atoms with van der Waals surface area (Å²) in [5.74, 6) is -0.946. The van der Waals surface area contributed by atoms with E-state index in [-0.39, 0.29) is 11.2 Å². The van der Waals surface area contributed by atoms with Gasteiger partial charge in [-0.05, 0) is 25.6 Å². The number of aliphatic carboxylic acids is 1. The predicted molar refractivity (Wildman–Crippen MR) is 55.1 cm³/mol. The van der Waals surface area contributed by atoms with Gasteiger partial charge in [-0.25, -0.2) is 0 Å². The molecule has 1 aliphatic heterocycles. The standard InChI is InChI=1S/C9H17NO2S/c1-6(9(11)12)8(13-2)7-4-3-5-10-7/h6-8,10H,3-5H2,1-2H3,(H,11,12)/t6-,7?,8-/m1/s1. The molecule has 76 valence electrons. The van der Waals surface area contributed by atoms with E-state index in [0.29, 0.717) is 6.04 Å². The van der Waals surface area contributed by atoms with Crippen LogP contribution in [0.15, 0.2) is 0 Å². The highest BCUT2D eigenvalue weighted by Gasteiger charge is 2.31. The van der Waals surface area contributed by atoms with Gasteiger partial charge in [0.15, 0.2) is 0 Å². The Balaban J connectivity index is 2.54. The van der Waals surface area contributed by atoms with Crippen molar-refractivity contribution in [2.75, 3.05) is 12.8 Å². The van der Waals surface area contributed by atoms with Crippen LogP contribution in [0.2, 0.25) is 0 Å². The maximum absolute atomic E-state index is 10.8. The van der Waals surface area contributed by atoms with Gasteiger partial charge in [0, 0.05) is 11.3 Å². The van der Waals surface area contributed by atoms with Gasteiger partial charge in [-0.15, -0.1) is 0 Å². The normalized spacial score (nSPS) is 27.1. The number of carbonyl (C=O) groups is 1. The van der Waals surface area contributed by atoms with E-state index in [4.69, 9.17) is 5.11 Å². The summed E-state index contributed by atoms with van der Waals surface area (Å²) in [5, 5.41) is 12.5. The average Bonchev–Trinajstić information content (AvgIpc) is 2.58. The SMILES string of the molecule is CS[C@@H](C1CCCN1)[C@@H](C)C(=O)O. The molecule has 2 N–H and O–H groups in total. The summed E-state index contributed by atoms with van der Waals surface area (Å²) in [4.78, 5) is 10.8. The van der Waals surface area contributed by atoms with E-state index in [1.165, 1.54) is 6.42 Å². The largest absolute Gasteiger partial charge is 0.481 e. The smallest absolute Gasteiger partial charge is 0.307 e. The molecule has 0 amide bonds. The van der Waals surface area contributed by atoms with Gasteiger partial charge in [-0.3, -0.25) is 4.79 Å². The van der Waals surface area contributed by atoms with Crippen molar-refractivity contribution in [2.45, 2.75) is 31.1 Å². The maximum Gasteiger partial charge on any atom is 0.307 e. The van der Waals surface area contributed by atoms with Crippen molar-refractivity contribution < 1.29 is 9.90 Å². The van der Waals surface area contributed by atoms with Crippen molar-refractivity contribution in [3.05, 3.63) is 0 Å². The maximum atomic E-state index is 10.8. The van der Waals surface area contributed by atoms with Crippen LogP contribution in [0.25, 0.3) is 0 Å². The van der Waals surface area contributed by atoms with Crippen LogP contribution in [0, 0.1) is 5.92 Å². The van der Waals surface area contributed by atoms with E-state index in [1.54, 1.807) is 18.7 Å². The highest BCUT2D eigenvalue weighted by atomic mass is 32.2. The molecule has 0 spiro atoms. The molecule has 1 rings (SSSR count). The fourth-order valence-electron chi connectivity index (χ4n) is 1.85. The lowest BCUT2D eigenvalue weighted by Crippen LogP contribution is -2.39. The Morgan fingerprint density at radius 2 is 2.38 bits per heavy atom. The van der Waals surface area contributed by atoms with Gasteiger partial charge in [0.25, 0.3) is 0 Å². The summed E-state index contributed by atoms with van der Waals surface area (Å²) in [5.41, 5.74) is 0. The van der Waals surface area contributed by atoms with Crippen LogP contribution < -0.4 is 5.32 Å². The zero-order chi connectivity index (χ0) is 9.84. The van der Waals surface area contributed by atoms with Gasteiger partial charge in [-0.2, -0.15) is 11.8 Å². The van der Waals surface area contributed by atoms with Crippen LogP contribution in [0.4, 0.5) is 0 Å². The Bertz CT molecular complexity index is 180. The molecule has 1 aliphatic rings. The lowest BCUT2D eigenvalue weighted by atomic mass is 10.00. The molecule has 4 heteroatoms. The topological polar surface area (TPSA) is 49.3 Å². The molecular weight excluding hydrogens is 186 g/mol. The third-order valence-electron chi connectivity index (χ3n) is 2.65.